The predicted octanol–water partition coefficient (Wildman–Crippen LogP) is 3.77. The molecule has 122 valence electrons. The lowest BCUT2D eigenvalue weighted by atomic mass is 10.1. The van der Waals surface area contributed by atoms with E-state index in [1.165, 1.54) is 32.3 Å². The second-order valence-electron chi connectivity index (χ2n) is 5.92. The molecule has 2 N–H and O–H groups in total. The fourth-order valence-electron chi connectivity index (χ4n) is 2.95. The summed E-state index contributed by atoms with van der Waals surface area (Å²) in [6.45, 7) is 0.477. The van der Waals surface area contributed by atoms with Crippen LogP contribution in [0, 0.1) is 0 Å². The lowest BCUT2D eigenvalue weighted by Gasteiger charge is -2.30. The van der Waals surface area contributed by atoms with Crippen molar-refractivity contribution in [2.24, 2.45) is 0 Å². The lowest BCUT2D eigenvalue weighted by Crippen LogP contribution is -2.15. The molecule has 0 fully saturated rings. The maximum atomic E-state index is 9.01. The quantitative estimate of drug-likeness (QED) is 0.847. The minimum absolute atomic E-state index is 0.237. The summed E-state index contributed by atoms with van der Waals surface area (Å²) < 4.78 is 0. The van der Waals surface area contributed by atoms with Gasteiger partial charge in [-0.25, -0.2) is 0 Å². The largest absolute Gasteiger partial charge is 0.396 e. The highest BCUT2D eigenvalue weighted by Gasteiger charge is 2.21. The zero-order valence-electron chi connectivity index (χ0n) is 13.5. The van der Waals surface area contributed by atoms with Gasteiger partial charge in [0.2, 0.25) is 0 Å². The Labute approximate surface area is 142 Å². The molecule has 1 aliphatic rings. The molecular weight excluding hydrogens is 306 g/mol. The van der Waals surface area contributed by atoms with Gasteiger partial charge in [-0.3, -0.25) is 0 Å². The molecule has 0 amide bonds. The molecule has 1 heterocycles. The van der Waals surface area contributed by atoms with E-state index in [0.29, 0.717) is 0 Å². The number of nitrogens with zero attached hydrogens (tertiary/aromatic N) is 1. The molecule has 0 saturated carbocycles. The summed E-state index contributed by atoms with van der Waals surface area (Å²) in [5.41, 5.74) is 5.02. The molecule has 3 rings (SSSR count). The zero-order chi connectivity index (χ0) is 16.2. The molecule has 23 heavy (non-hydrogen) atoms. The van der Waals surface area contributed by atoms with E-state index in [1.807, 2.05) is 11.8 Å². The molecule has 0 radical (unpaired) electrons. The van der Waals surface area contributed by atoms with E-state index in [4.69, 9.17) is 10.2 Å². The Morgan fingerprint density at radius 2 is 1.48 bits per heavy atom. The molecule has 0 bridgehead atoms. The summed E-state index contributed by atoms with van der Waals surface area (Å²) in [6.07, 6.45) is 3.45. The van der Waals surface area contributed by atoms with Gasteiger partial charge in [0, 0.05) is 30.1 Å². The third kappa shape index (κ3) is 3.55. The van der Waals surface area contributed by atoms with Crippen molar-refractivity contribution in [2.75, 3.05) is 25.2 Å². The molecule has 1 aliphatic heterocycles. The van der Waals surface area contributed by atoms with Crippen LogP contribution in [0.5, 0.6) is 0 Å². The summed E-state index contributed by atoms with van der Waals surface area (Å²) in [4.78, 5) is 4.80. The Kier molecular flexibility index (Phi) is 5.26. The highest BCUT2D eigenvalue weighted by atomic mass is 32.2. The molecular formula is C19H23NO2S. The number of aliphatic hydroxyl groups excluding tert-OH is 2. The summed E-state index contributed by atoms with van der Waals surface area (Å²) in [6, 6.07) is 13.2. The first-order chi connectivity index (χ1) is 11.2. The number of aliphatic hydroxyl groups is 2. The molecule has 0 aliphatic carbocycles. The van der Waals surface area contributed by atoms with E-state index in [0.717, 1.165) is 25.7 Å². The first kappa shape index (κ1) is 16.4. The number of hydrogen-bond acceptors (Lipinski definition) is 4. The number of hydrogen-bond donors (Lipinski definition) is 2. The Hall–Kier alpha value is -1.49. The number of anilines is 2. The lowest BCUT2D eigenvalue weighted by molar-refractivity contribution is 0.288. The van der Waals surface area contributed by atoms with Gasteiger partial charge in [-0.2, -0.15) is 0 Å². The molecule has 0 aromatic heterocycles. The standard InChI is InChI=1S/C19H23NO2S/c1-20-16-8-6-15(5-3-11-22)13-19(16)23-18-9-7-14(4-2-10-21)12-17(18)20/h6-9,12-13,21-22H,2-5,10-11H2,1H3. The summed E-state index contributed by atoms with van der Waals surface area (Å²) in [7, 11) is 2.11. The van der Waals surface area contributed by atoms with Gasteiger partial charge in [0.25, 0.3) is 0 Å². The highest BCUT2D eigenvalue weighted by molar-refractivity contribution is 7.99. The van der Waals surface area contributed by atoms with Crippen LogP contribution in [0.2, 0.25) is 0 Å². The Morgan fingerprint density at radius 1 is 0.826 bits per heavy atom. The maximum Gasteiger partial charge on any atom is 0.0552 e. The number of fused-ring (bicyclic) bond motifs is 2. The summed E-state index contributed by atoms with van der Waals surface area (Å²) in [5, 5.41) is 18.0. The molecule has 0 saturated heterocycles. The molecule has 3 nitrogen and oxygen atoms in total. The molecule has 2 aromatic rings. The van der Waals surface area contributed by atoms with Crippen LogP contribution in [0.4, 0.5) is 11.4 Å². The second-order valence-corrected chi connectivity index (χ2v) is 7.00. The monoisotopic (exact) mass is 329 g/mol. The van der Waals surface area contributed by atoms with Crippen molar-refractivity contribution in [1.82, 2.24) is 0 Å². The van der Waals surface area contributed by atoms with Gasteiger partial charge >= 0.3 is 0 Å². The van der Waals surface area contributed by atoms with Crippen molar-refractivity contribution >= 4 is 23.1 Å². The van der Waals surface area contributed by atoms with Gasteiger partial charge in [0.15, 0.2) is 0 Å². The van der Waals surface area contributed by atoms with E-state index in [-0.39, 0.29) is 13.2 Å². The highest BCUT2D eigenvalue weighted by Crippen LogP contribution is 2.48. The van der Waals surface area contributed by atoms with Crippen LogP contribution in [-0.2, 0) is 12.8 Å². The molecule has 2 aromatic carbocycles. The Balaban J connectivity index is 1.87. The van der Waals surface area contributed by atoms with Crippen LogP contribution in [0.15, 0.2) is 46.2 Å². The van der Waals surface area contributed by atoms with Crippen LogP contribution in [0.1, 0.15) is 24.0 Å². The van der Waals surface area contributed by atoms with Gasteiger partial charge in [-0.1, -0.05) is 23.9 Å². The van der Waals surface area contributed by atoms with Crippen molar-refractivity contribution < 1.29 is 10.2 Å². The van der Waals surface area contributed by atoms with Crippen LogP contribution >= 0.6 is 11.8 Å². The maximum absolute atomic E-state index is 9.01. The average molecular weight is 329 g/mol. The van der Waals surface area contributed by atoms with Crippen molar-refractivity contribution in [3.05, 3.63) is 47.5 Å². The molecule has 0 atom stereocenters. The van der Waals surface area contributed by atoms with E-state index < -0.39 is 0 Å². The third-order valence-corrected chi connectivity index (χ3v) is 5.35. The zero-order valence-corrected chi connectivity index (χ0v) is 14.3. The van der Waals surface area contributed by atoms with Crippen LogP contribution < -0.4 is 4.90 Å². The van der Waals surface area contributed by atoms with E-state index in [1.54, 1.807) is 0 Å². The van der Waals surface area contributed by atoms with Crippen LogP contribution in [0.25, 0.3) is 0 Å². The first-order valence-corrected chi connectivity index (χ1v) is 8.93. The first-order valence-electron chi connectivity index (χ1n) is 8.12. The molecule has 0 unspecified atom stereocenters. The normalized spacial score (nSPS) is 12.9. The SMILES string of the molecule is CN1c2ccc(CCCO)cc2Sc2ccc(CCCO)cc21. The Morgan fingerprint density at radius 3 is 2.17 bits per heavy atom. The van der Waals surface area contributed by atoms with Crippen molar-refractivity contribution in [3.63, 3.8) is 0 Å². The topological polar surface area (TPSA) is 43.7 Å². The summed E-state index contributed by atoms with van der Waals surface area (Å²) in [5.74, 6) is 0. The van der Waals surface area contributed by atoms with Gasteiger partial charge < -0.3 is 15.1 Å². The molecule has 0 spiro atoms. The number of rotatable bonds is 6. The second kappa shape index (κ2) is 7.39. The van der Waals surface area contributed by atoms with Crippen molar-refractivity contribution in [3.8, 4) is 0 Å². The van der Waals surface area contributed by atoms with E-state index in [9.17, 15) is 0 Å². The van der Waals surface area contributed by atoms with Crippen molar-refractivity contribution in [1.29, 1.82) is 0 Å². The van der Waals surface area contributed by atoms with Gasteiger partial charge in [0.1, 0.15) is 0 Å². The van der Waals surface area contributed by atoms with Gasteiger partial charge in [-0.15, -0.1) is 0 Å². The number of benzene rings is 2. The number of aryl methyl sites for hydroxylation is 2. The predicted molar refractivity (Wildman–Crippen MR) is 95.9 cm³/mol. The fraction of sp³-hybridized carbons (Fsp3) is 0.368. The minimum Gasteiger partial charge on any atom is -0.396 e. The van der Waals surface area contributed by atoms with E-state index >= 15 is 0 Å². The van der Waals surface area contributed by atoms with Gasteiger partial charge in [0.05, 0.1) is 11.4 Å². The van der Waals surface area contributed by atoms with Crippen LogP contribution in [0.3, 0.4) is 0 Å². The van der Waals surface area contributed by atoms with Crippen molar-refractivity contribution in [2.45, 2.75) is 35.5 Å². The average Bonchev–Trinajstić information content (AvgIpc) is 2.58. The fourth-order valence-corrected chi connectivity index (χ4v) is 4.15. The Bertz CT molecular complexity index is 687. The van der Waals surface area contributed by atoms with Gasteiger partial charge in [-0.05, 0) is 61.1 Å². The summed E-state index contributed by atoms with van der Waals surface area (Å²) >= 11 is 1.81. The third-order valence-electron chi connectivity index (χ3n) is 4.24. The molecule has 4 heteroatoms. The minimum atomic E-state index is 0.237. The van der Waals surface area contributed by atoms with E-state index in [2.05, 4.69) is 48.3 Å². The van der Waals surface area contributed by atoms with Crippen LogP contribution in [-0.4, -0.2) is 30.5 Å². The smallest absolute Gasteiger partial charge is 0.0552 e.